The van der Waals surface area contributed by atoms with Crippen LogP contribution in [-0.4, -0.2) is 27.7 Å². The summed E-state index contributed by atoms with van der Waals surface area (Å²) in [6.45, 7) is 1.95. The standard InChI is InChI=1S/C19H17ClN4O5/c1-12-9-14(3-5-15(12)20)29-11-23-8-7-17(22-23)19(25)21-16-6-4-13(28-2)10-18(16)24(26)27/h3-10H,11H2,1-2H3,(H,21,25). The first-order valence-electron chi connectivity index (χ1n) is 8.43. The molecular weight excluding hydrogens is 400 g/mol. The normalized spacial score (nSPS) is 10.4. The van der Waals surface area contributed by atoms with Gasteiger partial charge in [-0.2, -0.15) is 5.10 Å². The molecule has 0 saturated carbocycles. The first-order chi connectivity index (χ1) is 13.9. The second kappa shape index (κ2) is 8.61. The van der Waals surface area contributed by atoms with E-state index in [0.29, 0.717) is 16.5 Å². The van der Waals surface area contributed by atoms with Crippen molar-refractivity contribution in [1.29, 1.82) is 0 Å². The average Bonchev–Trinajstić information content (AvgIpc) is 3.18. The first-order valence-corrected chi connectivity index (χ1v) is 8.81. The quantitative estimate of drug-likeness (QED) is 0.459. The Morgan fingerprint density at radius 2 is 2.00 bits per heavy atom. The SMILES string of the molecule is COc1ccc(NC(=O)c2ccn(COc3ccc(Cl)c(C)c3)n2)c([N+](=O)[O-])c1. The number of nitrogens with zero attached hydrogens (tertiary/aromatic N) is 3. The second-order valence-corrected chi connectivity index (χ2v) is 6.43. The highest BCUT2D eigenvalue weighted by atomic mass is 35.5. The zero-order valence-corrected chi connectivity index (χ0v) is 16.3. The van der Waals surface area contributed by atoms with Crippen molar-refractivity contribution >= 4 is 28.9 Å². The zero-order chi connectivity index (χ0) is 21.0. The number of rotatable bonds is 7. The Balaban J connectivity index is 1.68. The number of hydrogen-bond donors (Lipinski definition) is 1. The number of carbonyl (C=O) groups is 1. The van der Waals surface area contributed by atoms with Crippen LogP contribution in [-0.2, 0) is 6.73 Å². The number of methoxy groups -OCH3 is 1. The number of benzene rings is 2. The van der Waals surface area contributed by atoms with Crippen LogP contribution < -0.4 is 14.8 Å². The fourth-order valence-corrected chi connectivity index (χ4v) is 2.60. The molecule has 0 aliphatic carbocycles. The number of hydrogen-bond acceptors (Lipinski definition) is 6. The summed E-state index contributed by atoms with van der Waals surface area (Å²) in [6, 6.07) is 10.9. The molecule has 0 aliphatic heterocycles. The number of ether oxygens (including phenoxy) is 2. The summed E-state index contributed by atoms with van der Waals surface area (Å²) >= 11 is 5.98. The molecule has 29 heavy (non-hydrogen) atoms. The zero-order valence-electron chi connectivity index (χ0n) is 15.6. The summed E-state index contributed by atoms with van der Waals surface area (Å²) in [6.07, 6.45) is 1.57. The van der Waals surface area contributed by atoms with Crippen molar-refractivity contribution in [3.05, 3.63) is 75.1 Å². The van der Waals surface area contributed by atoms with E-state index in [9.17, 15) is 14.9 Å². The van der Waals surface area contributed by atoms with Gasteiger partial charge in [0.1, 0.15) is 17.2 Å². The molecule has 0 fully saturated rings. The number of aromatic nitrogens is 2. The molecule has 0 atom stereocenters. The van der Waals surface area contributed by atoms with E-state index in [1.807, 2.05) is 6.92 Å². The maximum Gasteiger partial charge on any atom is 0.296 e. The van der Waals surface area contributed by atoms with Crippen LogP contribution in [0.1, 0.15) is 16.1 Å². The largest absolute Gasteiger partial charge is 0.496 e. The third-order valence-corrected chi connectivity index (χ3v) is 4.44. The number of anilines is 1. The van der Waals surface area contributed by atoms with Crippen molar-refractivity contribution in [3.63, 3.8) is 0 Å². The van der Waals surface area contributed by atoms with Crippen molar-refractivity contribution in [2.75, 3.05) is 12.4 Å². The molecular formula is C19H17ClN4O5. The van der Waals surface area contributed by atoms with Crippen LogP contribution in [0.3, 0.4) is 0 Å². The number of carbonyl (C=O) groups excluding carboxylic acids is 1. The molecule has 9 nitrogen and oxygen atoms in total. The molecule has 3 rings (SSSR count). The Hall–Kier alpha value is -3.59. The Bertz CT molecular complexity index is 1070. The van der Waals surface area contributed by atoms with Gasteiger partial charge in [-0.05, 0) is 48.9 Å². The van der Waals surface area contributed by atoms with E-state index in [1.165, 1.54) is 36.1 Å². The van der Waals surface area contributed by atoms with Crippen molar-refractivity contribution in [2.45, 2.75) is 13.7 Å². The third-order valence-electron chi connectivity index (χ3n) is 4.02. The Morgan fingerprint density at radius 1 is 1.24 bits per heavy atom. The number of halogens is 1. The predicted octanol–water partition coefficient (Wildman–Crippen LogP) is 4.05. The highest BCUT2D eigenvalue weighted by Gasteiger charge is 2.19. The molecule has 1 N–H and O–H groups in total. The molecule has 1 amide bonds. The maximum atomic E-state index is 12.4. The van der Waals surface area contributed by atoms with Gasteiger partial charge in [0, 0.05) is 11.2 Å². The van der Waals surface area contributed by atoms with Crippen LogP contribution >= 0.6 is 11.6 Å². The molecule has 0 unspecified atom stereocenters. The predicted molar refractivity (Wildman–Crippen MR) is 107 cm³/mol. The van der Waals surface area contributed by atoms with E-state index in [2.05, 4.69) is 10.4 Å². The van der Waals surface area contributed by atoms with Gasteiger partial charge >= 0.3 is 0 Å². The number of amides is 1. The van der Waals surface area contributed by atoms with Gasteiger partial charge in [0.25, 0.3) is 11.6 Å². The summed E-state index contributed by atoms with van der Waals surface area (Å²) in [7, 11) is 1.40. The molecule has 2 aromatic carbocycles. The number of nitrogens with one attached hydrogen (secondary N) is 1. The second-order valence-electron chi connectivity index (χ2n) is 6.02. The van der Waals surface area contributed by atoms with Gasteiger partial charge in [0.15, 0.2) is 12.4 Å². The van der Waals surface area contributed by atoms with Crippen LogP contribution in [0.15, 0.2) is 48.7 Å². The molecule has 0 spiro atoms. The van der Waals surface area contributed by atoms with E-state index in [4.69, 9.17) is 21.1 Å². The van der Waals surface area contributed by atoms with Gasteiger partial charge in [-0.3, -0.25) is 14.9 Å². The van der Waals surface area contributed by atoms with Crippen LogP contribution in [0.5, 0.6) is 11.5 Å². The summed E-state index contributed by atoms with van der Waals surface area (Å²) in [5.41, 5.74) is 0.735. The molecule has 1 heterocycles. The first kappa shape index (κ1) is 20.2. The van der Waals surface area contributed by atoms with Gasteiger partial charge in [-0.15, -0.1) is 0 Å². The Labute approximate surface area is 171 Å². The summed E-state index contributed by atoms with van der Waals surface area (Å²) in [4.78, 5) is 23.0. The Morgan fingerprint density at radius 3 is 2.69 bits per heavy atom. The van der Waals surface area contributed by atoms with Crippen molar-refractivity contribution in [2.24, 2.45) is 0 Å². The molecule has 150 valence electrons. The van der Waals surface area contributed by atoms with Gasteiger partial charge in [-0.1, -0.05) is 11.6 Å². The summed E-state index contributed by atoms with van der Waals surface area (Å²) in [5.74, 6) is 0.343. The highest BCUT2D eigenvalue weighted by Crippen LogP contribution is 2.29. The maximum absolute atomic E-state index is 12.4. The number of nitro groups is 1. The lowest BCUT2D eigenvalue weighted by Crippen LogP contribution is -2.15. The average molecular weight is 417 g/mol. The molecule has 0 saturated heterocycles. The van der Waals surface area contributed by atoms with Crippen LogP contribution in [0.4, 0.5) is 11.4 Å². The molecule has 3 aromatic rings. The highest BCUT2D eigenvalue weighted by molar-refractivity contribution is 6.31. The van der Waals surface area contributed by atoms with Crippen molar-refractivity contribution in [3.8, 4) is 11.5 Å². The molecule has 0 aliphatic rings. The Kier molecular flexibility index (Phi) is 5.99. The van der Waals surface area contributed by atoms with E-state index in [0.717, 1.165) is 5.56 Å². The molecule has 0 bridgehead atoms. The minimum atomic E-state index is -0.599. The van der Waals surface area contributed by atoms with Crippen LogP contribution in [0.25, 0.3) is 0 Å². The van der Waals surface area contributed by atoms with E-state index >= 15 is 0 Å². The smallest absolute Gasteiger partial charge is 0.296 e. The molecule has 10 heteroatoms. The topological polar surface area (TPSA) is 109 Å². The van der Waals surface area contributed by atoms with Gasteiger partial charge in [-0.25, -0.2) is 4.68 Å². The van der Waals surface area contributed by atoms with E-state index < -0.39 is 10.8 Å². The molecule has 1 aromatic heterocycles. The number of nitro benzene ring substituents is 1. The van der Waals surface area contributed by atoms with E-state index in [-0.39, 0.29) is 23.8 Å². The lowest BCUT2D eigenvalue weighted by molar-refractivity contribution is -0.384. The lowest BCUT2D eigenvalue weighted by Gasteiger charge is -2.08. The van der Waals surface area contributed by atoms with Crippen molar-refractivity contribution < 1.29 is 19.2 Å². The summed E-state index contributed by atoms with van der Waals surface area (Å²) in [5, 5.41) is 18.5. The lowest BCUT2D eigenvalue weighted by atomic mass is 10.2. The van der Waals surface area contributed by atoms with Gasteiger partial charge in [0.05, 0.1) is 18.1 Å². The monoisotopic (exact) mass is 416 g/mol. The fraction of sp³-hybridized carbons (Fsp3) is 0.158. The fourth-order valence-electron chi connectivity index (χ4n) is 2.48. The van der Waals surface area contributed by atoms with Crippen molar-refractivity contribution in [1.82, 2.24) is 9.78 Å². The third kappa shape index (κ3) is 4.82. The van der Waals surface area contributed by atoms with E-state index in [1.54, 1.807) is 24.4 Å². The van der Waals surface area contributed by atoms with Gasteiger partial charge in [0.2, 0.25) is 0 Å². The molecule has 0 radical (unpaired) electrons. The number of aryl methyl sites for hydroxylation is 1. The van der Waals surface area contributed by atoms with Crippen LogP contribution in [0, 0.1) is 17.0 Å². The summed E-state index contributed by atoms with van der Waals surface area (Å²) < 4.78 is 12.0. The van der Waals surface area contributed by atoms with Gasteiger partial charge < -0.3 is 14.8 Å². The minimum Gasteiger partial charge on any atom is -0.496 e. The minimum absolute atomic E-state index is 0.0447. The van der Waals surface area contributed by atoms with Crippen LogP contribution in [0.2, 0.25) is 5.02 Å².